The molecule has 1 heterocycles. The Kier molecular flexibility index (Phi) is 1.94. The van der Waals surface area contributed by atoms with E-state index < -0.39 is 12.2 Å². The van der Waals surface area contributed by atoms with Crippen molar-refractivity contribution in [1.82, 2.24) is 0 Å². The Hall–Kier alpha value is -0.190. The fourth-order valence-corrected chi connectivity index (χ4v) is 1.53. The van der Waals surface area contributed by atoms with E-state index in [1.807, 2.05) is 0 Å². The van der Waals surface area contributed by atoms with Gasteiger partial charge in [0.2, 0.25) is 0 Å². The molecule has 0 aromatic heterocycles. The second kappa shape index (κ2) is 2.45. The molecule has 1 rings (SSSR count). The molecule has 10 heavy (non-hydrogen) atoms. The van der Waals surface area contributed by atoms with Gasteiger partial charge in [0.15, 0.2) is 6.04 Å². The molecule has 0 aliphatic carbocycles. The summed E-state index contributed by atoms with van der Waals surface area (Å²) in [6.45, 7) is 1.59. The molecular weight excluding hydrogens is 163 g/mol. The van der Waals surface area contributed by atoms with Crippen LogP contribution in [0.5, 0.6) is 0 Å². The van der Waals surface area contributed by atoms with Gasteiger partial charge in [-0.15, -0.1) is 11.8 Å². The van der Waals surface area contributed by atoms with Crippen molar-refractivity contribution in [2.75, 3.05) is 5.75 Å². The minimum atomic E-state index is -4.15. The summed E-state index contributed by atoms with van der Waals surface area (Å²) in [7, 11) is 0. The van der Waals surface area contributed by atoms with Crippen molar-refractivity contribution in [3.63, 3.8) is 0 Å². The fourth-order valence-electron chi connectivity index (χ4n) is 0.661. The molecule has 0 aromatic rings. The summed E-state index contributed by atoms with van der Waals surface area (Å²) in [6.07, 6.45) is -4.15. The highest BCUT2D eigenvalue weighted by Gasteiger charge is 2.41. The first-order valence-corrected chi connectivity index (χ1v) is 3.72. The monoisotopic (exact) mass is 169 g/mol. The van der Waals surface area contributed by atoms with E-state index in [2.05, 4.69) is 4.99 Å². The first-order valence-electron chi connectivity index (χ1n) is 2.74. The molecule has 0 aromatic carbocycles. The summed E-state index contributed by atoms with van der Waals surface area (Å²) < 4.78 is 35.4. The zero-order valence-electron chi connectivity index (χ0n) is 5.27. The second-order valence-electron chi connectivity index (χ2n) is 2.02. The summed E-state index contributed by atoms with van der Waals surface area (Å²) >= 11 is 1.16. The minimum absolute atomic E-state index is 0.0509. The Morgan fingerprint density at radius 3 is 2.40 bits per heavy atom. The smallest absolute Gasteiger partial charge is 0.269 e. The maximum atomic E-state index is 11.8. The first-order chi connectivity index (χ1) is 4.50. The molecule has 1 aliphatic rings. The van der Waals surface area contributed by atoms with Crippen LogP contribution in [-0.4, -0.2) is 23.0 Å². The Balaban J connectivity index is 2.61. The van der Waals surface area contributed by atoms with Crippen LogP contribution < -0.4 is 0 Å². The Morgan fingerprint density at radius 2 is 2.20 bits per heavy atom. The molecule has 0 spiro atoms. The number of halogens is 3. The summed E-state index contributed by atoms with van der Waals surface area (Å²) in [6, 6.07) is -1.46. The van der Waals surface area contributed by atoms with E-state index in [0.29, 0.717) is 5.04 Å². The number of nitrogens with zero attached hydrogens (tertiary/aromatic N) is 1. The Labute approximate surface area is 60.7 Å². The van der Waals surface area contributed by atoms with E-state index in [0.717, 1.165) is 11.8 Å². The molecule has 1 atom stereocenters. The van der Waals surface area contributed by atoms with Gasteiger partial charge in [-0.05, 0) is 6.92 Å². The van der Waals surface area contributed by atoms with Gasteiger partial charge in [-0.1, -0.05) is 0 Å². The number of hydrogen-bond donors (Lipinski definition) is 0. The molecule has 0 radical (unpaired) electrons. The predicted octanol–water partition coefficient (Wildman–Crippen LogP) is 2.08. The van der Waals surface area contributed by atoms with Crippen molar-refractivity contribution >= 4 is 16.8 Å². The van der Waals surface area contributed by atoms with E-state index in [1.54, 1.807) is 6.92 Å². The van der Waals surface area contributed by atoms with Crippen molar-refractivity contribution in [3.8, 4) is 0 Å². The number of hydrogen-bond acceptors (Lipinski definition) is 2. The van der Waals surface area contributed by atoms with E-state index in [1.165, 1.54) is 0 Å². The van der Waals surface area contributed by atoms with E-state index in [-0.39, 0.29) is 5.75 Å². The quantitative estimate of drug-likeness (QED) is 0.540. The van der Waals surface area contributed by atoms with Crippen LogP contribution in [0.25, 0.3) is 0 Å². The topological polar surface area (TPSA) is 12.4 Å². The normalized spacial score (nSPS) is 26.8. The molecule has 5 heteroatoms. The molecule has 1 aliphatic heterocycles. The van der Waals surface area contributed by atoms with Gasteiger partial charge in [0.1, 0.15) is 0 Å². The largest absolute Gasteiger partial charge is 0.411 e. The van der Waals surface area contributed by atoms with Crippen LogP contribution in [0.15, 0.2) is 4.99 Å². The van der Waals surface area contributed by atoms with Gasteiger partial charge in [-0.25, -0.2) is 0 Å². The molecule has 0 fully saturated rings. The number of aliphatic imine (C=N–C) groups is 1. The van der Waals surface area contributed by atoms with Crippen molar-refractivity contribution in [1.29, 1.82) is 0 Å². The SMILES string of the molecule is CC1=NC(C(F)(F)F)CS1. The van der Waals surface area contributed by atoms with Crippen LogP contribution >= 0.6 is 11.8 Å². The average molecular weight is 169 g/mol. The van der Waals surface area contributed by atoms with Crippen LogP contribution in [0.4, 0.5) is 13.2 Å². The maximum Gasteiger partial charge on any atom is 0.411 e. The summed E-state index contributed by atoms with van der Waals surface area (Å²) in [5, 5.41) is 0.530. The van der Waals surface area contributed by atoms with Gasteiger partial charge < -0.3 is 0 Å². The van der Waals surface area contributed by atoms with Crippen molar-refractivity contribution in [3.05, 3.63) is 0 Å². The lowest BCUT2D eigenvalue weighted by molar-refractivity contribution is -0.141. The van der Waals surface area contributed by atoms with Gasteiger partial charge in [0.25, 0.3) is 0 Å². The van der Waals surface area contributed by atoms with E-state index >= 15 is 0 Å². The van der Waals surface area contributed by atoms with E-state index in [4.69, 9.17) is 0 Å². The van der Waals surface area contributed by atoms with Gasteiger partial charge in [0, 0.05) is 5.75 Å². The molecule has 0 N–H and O–H groups in total. The Morgan fingerprint density at radius 1 is 1.60 bits per heavy atom. The summed E-state index contributed by atoms with van der Waals surface area (Å²) in [4.78, 5) is 3.41. The zero-order chi connectivity index (χ0) is 7.78. The molecule has 0 saturated carbocycles. The van der Waals surface area contributed by atoms with E-state index in [9.17, 15) is 13.2 Å². The number of thioether (sulfide) groups is 1. The third-order valence-corrected chi connectivity index (χ3v) is 2.17. The zero-order valence-corrected chi connectivity index (χ0v) is 6.09. The predicted molar refractivity (Wildman–Crippen MR) is 35.4 cm³/mol. The van der Waals surface area contributed by atoms with Gasteiger partial charge in [-0.2, -0.15) is 13.2 Å². The molecule has 1 unspecified atom stereocenters. The second-order valence-corrected chi connectivity index (χ2v) is 3.23. The highest BCUT2D eigenvalue weighted by atomic mass is 32.2. The van der Waals surface area contributed by atoms with Crippen LogP contribution in [0, 0.1) is 0 Å². The fraction of sp³-hybridized carbons (Fsp3) is 0.800. The molecule has 0 saturated heterocycles. The lowest BCUT2D eigenvalue weighted by Gasteiger charge is -2.09. The number of alkyl halides is 3. The first kappa shape index (κ1) is 7.91. The van der Waals surface area contributed by atoms with Crippen molar-refractivity contribution in [2.24, 2.45) is 4.99 Å². The molecule has 0 amide bonds. The highest BCUT2D eigenvalue weighted by molar-refractivity contribution is 8.14. The van der Waals surface area contributed by atoms with Crippen LogP contribution in [0.1, 0.15) is 6.92 Å². The Bertz CT molecular complexity index is 163. The molecule has 1 nitrogen and oxygen atoms in total. The lowest BCUT2D eigenvalue weighted by atomic mass is 10.3. The third kappa shape index (κ3) is 1.65. The standard InChI is InChI=1S/C5H6F3NS/c1-3-9-4(2-10-3)5(6,7)8/h4H,2H2,1H3. The van der Waals surface area contributed by atoms with Gasteiger partial charge >= 0.3 is 6.18 Å². The average Bonchev–Trinajstić information content (AvgIpc) is 2.11. The van der Waals surface area contributed by atoms with Crippen LogP contribution in [0.3, 0.4) is 0 Å². The molecular formula is C5H6F3NS. The molecule has 58 valence electrons. The highest BCUT2D eigenvalue weighted by Crippen LogP contribution is 2.30. The van der Waals surface area contributed by atoms with Crippen LogP contribution in [0.2, 0.25) is 0 Å². The summed E-state index contributed by atoms with van der Waals surface area (Å²) in [5.74, 6) is 0.0509. The minimum Gasteiger partial charge on any atom is -0.269 e. The summed E-state index contributed by atoms with van der Waals surface area (Å²) in [5.41, 5.74) is 0. The van der Waals surface area contributed by atoms with Gasteiger partial charge in [0.05, 0.1) is 5.04 Å². The van der Waals surface area contributed by atoms with Gasteiger partial charge in [-0.3, -0.25) is 4.99 Å². The van der Waals surface area contributed by atoms with Crippen molar-refractivity contribution < 1.29 is 13.2 Å². The molecule has 0 bridgehead atoms. The number of rotatable bonds is 0. The van der Waals surface area contributed by atoms with Crippen molar-refractivity contribution in [2.45, 2.75) is 19.1 Å². The lowest BCUT2D eigenvalue weighted by Crippen LogP contribution is -2.26. The maximum absolute atomic E-state index is 11.8. The third-order valence-electron chi connectivity index (χ3n) is 1.17. The van der Waals surface area contributed by atoms with Crippen LogP contribution in [-0.2, 0) is 0 Å².